The third-order valence-electron chi connectivity index (χ3n) is 7.52. The fraction of sp³-hybridized carbons (Fsp3) is 0.0303. The lowest BCUT2D eigenvalue weighted by Gasteiger charge is -2.31. The molecule has 1 unspecified atom stereocenters. The van der Waals surface area contributed by atoms with Crippen LogP contribution in [-0.4, -0.2) is 8.07 Å². The molecule has 1 atom stereocenters. The van der Waals surface area contributed by atoms with E-state index in [9.17, 15) is 0 Å². The molecule has 1 aliphatic heterocycles. The van der Waals surface area contributed by atoms with Gasteiger partial charge in [-0.25, -0.2) is 0 Å². The van der Waals surface area contributed by atoms with E-state index in [4.69, 9.17) is 0 Å². The molecule has 6 aromatic carbocycles. The summed E-state index contributed by atoms with van der Waals surface area (Å²) in [5.41, 5.74) is 4.11. The minimum atomic E-state index is -2.44. The number of rotatable bonds is 2. The lowest BCUT2D eigenvalue weighted by molar-refractivity contribution is 1.49. The van der Waals surface area contributed by atoms with E-state index >= 15 is 0 Å². The summed E-state index contributed by atoms with van der Waals surface area (Å²) in [6, 6.07) is 48.0. The van der Waals surface area contributed by atoms with Crippen LogP contribution in [0.4, 0.5) is 0 Å². The van der Waals surface area contributed by atoms with Crippen LogP contribution >= 0.6 is 0 Å². The van der Waals surface area contributed by atoms with Crippen molar-refractivity contribution in [2.24, 2.45) is 0 Å². The summed E-state index contributed by atoms with van der Waals surface area (Å²) in [5, 5.41) is 11.2. The van der Waals surface area contributed by atoms with E-state index in [0.717, 1.165) is 0 Å². The summed E-state index contributed by atoms with van der Waals surface area (Å²) in [4.78, 5) is 0. The first kappa shape index (κ1) is 19.5. The molecule has 0 N–H and O–H groups in total. The van der Waals surface area contributed by atoms with Crippen molar-refractivity contribution < 1.29 is 0 Å². The molecule has 0 saturated heterocycles. The van der Waals surface area contributed by atoms with Gasteiger partial charge in [0.15, 0.2) is 8.07 Å². The average molecular weight is 449 g/mol. The third-order valence-corrected chi connectivity index (χ3v) is 12.4. The summed E-state index contributed by atoms with van der Waals surface area (Å²) < 4.78 is 0. The SMILES string of the molecule is Cc1cccc([Si]2(c3ccccc3)c3ccccc3-c3cc4cc5ccccc5cc4cc32)c1. The van der Waals surface area contributed by atoms with Gasteiger partial charge in [-0.05, 0) is 78.5 Å². The molecule has 6 aromatic rings. The molecule has 1 heteroatoms. The van der Waals surface area contributed by atoms with Crippen molar-refractivity contribution in [2.75, 3.05) is 0 Å². The Balaban J connectivity index is 1.67. The summed E-state index contributed by atoms with van der Waals surface area (Å²) in [6.45, 7) is 2.21. The monoisotopic (exact) mass is 448 g/mol. The first-order valence-electron chi connectivity index (χ1n) is 11.9. The molecule has 0 radical (unpaired) electrons. The van der Waals surface area contributed by atoms with Gasteiger partial charge in [0.1, 0.15) is 0 Å². The van der Waals surface area contributed by atoms with Gasteiger partial charge in [-0.2, -0.15) is 0 Å². The van der Waals surface area contributed by atoms with Gasteiger partial charge >= 0.3 is 0 Å². The fourth-order valence-electron chi connectivity index (χ4n) is 6.07. The molecule has 1 heterocycles. The maximum absolute atomic E-state index is 2.51. The molecule has 0 nitrogen and oxygen atoms in total. The predicted octanol–water partition coefficient (Wildman–Crippen LogP) is 5.66. The van der Waals surface area contributed by atoms with Gasteiger partial charge in [-0.15, -0.1) is 0 Å². The normalized spacial score (nSPS) is 16.5. The smallest absolute Gasteiger partial charge is 0.0623 e. The zero-order valence-corrected chi connectivity index (χ0v) is 20.1. The third kappa shape index (κ3) is 2.65. The van der Waals surface area contributed by atoms with E-state index < -0.39 is 8.07 Å². The highest BCUT2D eigenvalue weighted by atomic mass is 28.3. The van der Waals surface area contributed by atoms with Crippen LogP contribution in [0.3, 0.4) is 0 Å². The van der Waals surface area contributed by atoms with Crippen molar-refractivity contribution in [1.29, 1.82) is 0 Å². The molecule has 0 aliphatic carbocycles. The second-order valence-electron chi connectivity index (χ2n) is 9.48. The number of benzene rings is 6. The van der Waals surface area contributed by atoms with E-state index in [1.54, 1.807) is 0 Å². The molecule has 160 valence electrons. The van der Waals surface area contributed by atoms with Gasteiger partial charge in [0.05, 0.1) is 0 Å². The molecule has 1 aliphatic rings. The van der Waals surface area contributed by atoms with E-state index in [0.29, 0.717) is 0 Å². The van der Waals surface area contributed by atoms with Crippen LogP contribution in [-0.2, 0) is 0 Å². The van der Waals surface area contributed by atoms with E-state index in [-0.39, 0.29) is 0 Å². The van der Waals surface area contributed by atoms with E-state index in [1.165, 1.54) is 59.0 Å². The summed E-state index contributed by atoms with van der Waals surface area (Å²) in [5.74, 6) is 0. The average Bonchev–Trinajstić information content (AvgIpc) is 3.17. The first-order valence-corrected chi connectivity index (χ1v) is 13.9. The second kappa shape index (κ2) is 7.28. The second-order valence-corrected chi connectivity index (χ2v) is 13.2. The van der Waals surface area contributed by atoms with E-state index in [2.05, 4.69) is 134 Å². The Bertz CT molecular complexity index is 1710. The Morgan fingerprint density at radius 2 is 1.06 bits per heavy atom. The molecule has 34 heavy (non-hydrogen) atoms. The minimum absolute atomic E-state index is 1.30. The quantitative estimate of drug-likeness (QED) is 0.236. The molecule has 0 saturated carbocycles. The lowest BCUT2D eigenvalue weighted by Crippen LogP contribution is -2.72. The summed E-state index contributed by atoms with van der Waals surface area (Å²) in [7, 11) is -2.44. The van der Waals surface area contributed by atoms with Crippen molar-refractivity contribution in [2.45, 2.75) is 6.92 Å². The van der Waals surface area contributed by atoms with Crippen molar-refractivity contribution in [3.63, 3.8) is 0 Å². The number of fused-ring (bicyclic) bond motifs is 5. The molecular formula is C33H24Si. The Kier molecular flexibility index (Phi) is 4.18. The van der Waals surface area contributed by atoms with Gasteiger partial charge in [0, 0.05) is 0 Å². The molecule has 0 spiro atoms. The van der Waals surface area contributed by atoms with Gasteiger partial charge in [0.2, 0.25) is 0 Å². The minimum Gasteiger partial charge on any atom is -0.0623 e. The number of hydrogen-bond acceptors (Lipinski definition) is 0. The van der Waals surface area contributed by atoms with Crippen LogP contribution < -0.4 is 20.7 Å². The number of hydrogen-bond donors (Lipinski definition) is 0. The molecule has 0 aromatic heterocycles. The predicted molar refractivity (Wildman–Crippen MR) is 149 cm³/mol. The summed E-state index contributed by atoms with van der Waals surface area (Å²) >= 11 is 0. The lowest BCUT2D eigenvalue weighted by atomic mass is 9.99. The molecule has 7 rings (SSSR count). The largest absolute Gasteiger partial charge is 0.180 e. The van der Waals surface area contributed by atoms with Crippen LogP contribution in [0, 0.1) is 6.92 Å². The maximum atomic E-state index is 2.51. The highest BCUT2D eigenvalue weighted by Crippen LogP contribution is 2.33. The molecule has 0 fully saturated rings. The van der Waals surface area contributed by atoms with Gasteiger partial charge < -0.3 is 0 Å². The van der Waals surface area contributed by atoms with Gasteiger partial charge in [0.25, 0.3) is 0 Å². The van der Waals surface area contributed by atoms with Crippen LogP contribution in [0.1, 0.15) is 5.56 Å². The first-order chi connectivity index (χ1) is 16.7. The Hall–Kier alpha value is -3.94. The fourth-order valence-corrected chi connectivity index (χ4v) is 11.4. The zero-order valence-electron chi connectivity index (χ0n) is 19.1. The molecular weight excluding hydrogens is 424 g/mol. The topological polar surface area (TPSA) is 0 Å². The van der Waals surface area contributed by atoms with E-state index in [1.807, 2.05) is 0 Å². The highest BCUT2D eigenvalue weighted by molar-refractivity contribution is 7.22. The van der Waals surface area contributed by atoms with Crippen molar-refractivity contribution in [1.82, 2.24) is 0 Å². The number of aryl methyl sites for hydroxylation is 1. The van der Waals surface area contributed by atoms with Crippen molar-refractivity contribution in [3.05, 3.63) is 133 Å². The highest BCUT2D eigenvalue weighted by Gasteiger charge is 2.48. The van der Waals surface area contributed by atoms with Crippen LogP contribution in [0.15, 0.2) is 127 Å². The van der Waals surface area contributed by atoms with Crippen LogP contribution in [0.5, 0.6) is 0 Å². The van der Waals surface area contributed by atoms with Gasteiger partial charge in [-0.1, -0.05) is 115 Å². The van der Waals surface area contributed by atoms with Gasteiger partial charge in [-0.3, -0.25) is 0 Å². The zero-order chi connectivity index (χ0) is 22.7. The van der Waals surface area contributed by atoms with Crippen LogP contribution in [0.25, 0.3) is 32.7 Å². The Morgan fingerprint density at radius 1 is 0.412 bits per heavy atom. The maximum Gasteiger partial charge on any atom is 0.180 e. The molecule has 0 amide bonds. The van der Waals surface area contributed by atoms with Crippen molar-refractivity contribution >= 4 is 50.4 Å². The van der Waals surface area contributed by atoms with Crippen LogP contribution in [0.2, 0.25) is 0 Å². The standard InChI is InChI=1S/C33H24Si/c1-23-10-9-15-29(18-23)34(28-13-3-2-4-14-28)32-17-8-7-16-30(32)31-21-26-19-24-11-5-6-12-25(24)20-27(26)22-33(31)34/h2-22H,1H3. The Morgan fingerprint density at radius 3 is 1.82 bits per heavy atom. The summed E-state index contributed by atoms with van der Waals surface area (Å²) in [6.07, 6.45) is 0. The molecule has 0 bridgehead atoms. The Labute approximate surface area is 201 Å². The van der Waals surface area contributed by atoms with Crippen molar-refractivity contribution in [3.8, 4) is 11.1 Å².